The van der Waals surface area contributed by atoms with Gasteiger partial charge in [-0.2, -0.15) is 4.31 Å². The zero-order valence-electron chi connectivity index (χ0n) is 17.3. The monoisotopic (exact) mass is 433 g/mol. The molecule has 6 nitrogen and oxygen atoms in total. The number of nitrogens with one attached hydrogen (secondary N) is 1. The number of piperidine rings is 1. The predicted molar refractivity (Wildman–Crippen MR) is 116 cm³/mol. The average molecular weight is 434 g/mol. The van der Waals surface area contributed by atoms with E-state index < -0.39 is 26.6 Å². The van der Waals surface area contributed by atoms with E-state index in [1.165, 1.54) is 10.4 Å². The van der Waals surface area contributed by atoms with E-state index in [2.05, 4.69) is 10.2 Å². The first-order valence-corrected chi connectivity index (χ1v) is 11.7. The highest BCUT2D eigenvalue weighted by atomic mass is 32.2. The fourth-order valence-corrected chi connectivity index (χ4v) is 5.33. The van der Waals surface area contributed by atoms with Crippen molar-refractivity contribution in [2.45, 2.75) is 37.6 Å². The molecule has 3 rings (SSSR count). The molecule has 1 saturated heterocycles. The quantitative estimate of drug-likeness (QED) is 0.728. The van der Waals surface area contributed by atoms with Gasteiger partial charge >= 0.3 is 0 Å². The molecule has 2 aromatic carbocycles. The Morgan fingerprint density at radius 1 is 1.17 bits per heavy atom. The molecule has 1 aliphatic heterocycles. The lowest BCUT2D eigenvalue weighted by Crippen LogP contribution is -2.47. The Kier molecular flexibility index (Phi) is 7.10. The van der Waals surface area contributed by atoms with Gasteiger partial charge in [0.25, 0.3) is 5.91 Å². The van der Waals surface area contributed by atoms with Crippen LogP contribution >= 0.6 is 0 Å². The van der Waals surface area contributed by atoms with Crippen molar-refractivity contribution in [3.8, 4) is 0 Å². The van der Waals surface area contributed by atoms with Crippen molar-refractivity contribution in [3.05, 3.63) is 59.9 Å². The summed E-state index contributed by atoms with van der Waals surface area (Å²) in [5.41, 5.74) is 1.24. The summed E-state index contributed by atoms with van der Waals surface area (Å²) in [5.74, 6) is -1.25. The van der Waals surface area contributed by atoms with Gasteiger partial charge in [-0.1, -0.05) is 32.0 Å². The second-order valence-electron chi connectivity index (χ2n) is 7.33. The van der Waals surface area contributed by atoms with Crippen LogP contribution in [0.4, 0.5) is 10.1 Å². The summed E-state index contributed by atoms with van der Waals surface area (Å²) in [7, 11) is -4.00. The minimum atomic E-state index is -4.00. The predicted octanol–water partition coefficient (Wildman–Crippen LogP) is 3.26. The second kappa shape index (κ2) is 9.57. The van der Waals surface area contributed by atoms with Gasteiger partial charge in [0, 0.05) is 43.5 Å². The van der Waals surface area contributed by atoms with Gasteiger partial charge in [-0.25, -0.2) is 12.8 Å². The molecule has 0 radical (unpaired) electrons. The summed E-state index contributed by atoms with van der Waals surface area (Å²) in [6.07, 6.45) is 1.77. The van der Waals surface area contributed by atoms with Crippen molar-refractivity contribution in [3.63, 3.8) is 0 Å². The van der Waals surface area contributed by atoms with E-state index in [9.17, 15) is 17.6 Å². The Morgan fingerprint density at radius 2 is 1.87 bits per heavy atom. The molecular formula is C22H28FN3O3S. The van der Waals surface area contributed by atoms with E-state index in [4.69, 9.17) is 0 Å². The molecule has 1 atom stereocenters. The summed E-state index contributed by atoms with van der Waals surface area (Å²) in [5, 5.41) is 2.98. The number of hydrogen-bond acceptors (Lipinski definition) is 4. The van der Waals surface area contributed by atoms with Crippen LogP contribution in [-0.4, -0.2) is 50.9 Å². The van der Waals surface area contributed by atoms with Crippen LogP contribution in [-0.2, 0) is 10.0 Å². The van der Waals surface area contributed by atoms with Crippen LogP contribution in [0, 0.1) is 5.82 Å². The topological polar surface area (TPSA) is 69.7 Å². The lowest BCUT2D eigenvalue weighted by molar-refractivity contribution is 0.0933. The largest absolute Gasteiger partial charge is 0.369 e. The van der Waals surface area contributed by atoms with Gasteiger partial charge in [0.1, 0.15) is 10.7 Å². The number of amides is 1. The summed E-state index contributed by atoms with van der Waals surface area (Å²) in [4.78, 5) is 14.5. The maximum Gasteiger partial charge on any atom is 0.251 e. The van der Waals surface area contributed by atoms with Crippen molar-refractivity contribution in [1.82, 2.24) is 9.62 Å². The summed E-state index contributed by atoms with van der Waals surface area (Å²) in [6, 6.07) is 13.4. The van der Waals surface area contributed by atoms with Gasteiger partial charge in [0.15, 0.2) is 0 Å². The van der Waals surface area contributed by atoms with E-state index in [1.54, 1.807) is 13.8 Å². The van der Waals surface area contributed by atoms with Crippen LogP contribution in [0.2, 0.25) is 0 Å². The molecule has 1 fully saturated rings. The first-order valence-electron chi connectivity index (χ1n) is 10.3. The van der Waals surface area contributed by atoms with E-state index in [-0.39, 0.29) is 24.7 Å². The number of anilines is 1. The first kappa shape index (κ1) is 22.2. The van der Waals surface area contributed by atoms with Gasteiger partial charge < -0.3 is 10.2 Å². The number of sulfonamides is 1. The fourth-order valence-electron chi connectivity index (χ4n) is 3.78. The number of rotatable bonds is 7. The normalized spacial score (nSPS) is 17.2. The van der Waals surface area contributed by atoms with Crippen molar-refractivity contribution >= 4 is 21.6 Å². The van der Waals surface area contributed by atoms with Crippen LogP contribution in [0.25, 0.3) is 0 Å². The van der Waals surface area contributed by atoms with Crippen LogP contribution in [0.1, 0.15) is 37.0 Å². The number of hydrogen-bond donors (Lipinski definition) is 1. The maximum atomic E-state index is 14.3. The first-order chi connectivity index (χ1) is 14.4. The molecule has 2 aromatic rings. The Morgan fingerprint density at radius 3 is 2.53 bits per heavy atom. The highest BCUT2D eigenvalue weighted by Crippen LogP contribution is 2.22. The van der Waals surface area contributed by atoms with Crippen LogP contribution in [0.15, 0.2) is 53.4 Å². The Bertz CT molecular complexity index is 978. The van der Waals surface area contributed by atoms with Gasteiger partial charge in [-0.15, -0.1) is 0 Å². The van der Waals surface area contributed by atoms with E-state index in [1.807, 2.05) is 30.3 Å². The molecule has 0 aromatic heterocycles. The minimum absolute atomic E-state index is 0.0700. The van der Waals surface area contributed by atoms with Crippen molar-refractivity contribution in [2.75, 3.05) is 31.1 Å². The smallest absolute Gasteiger partial charge is 0.251 e. The zero-order chi connectivity index (χ0) is 21.7. The molecule has 0 saturated carbocycles. The molecule has 0 spiro atoms. The van der Waals surface area contributed by atoms with Gasteiger partial charge in [-0.05, 0) is 43.2 Å². The summed E-state index contributed by atoms with van der Waals surface area (Å²) >= 11 is 0. The molecule has 0 bridgehead atoms. The molecule has 162 valence electrons. The molecule has 1 heterocycles. The SMILES string of the molecule is CCN(CC)S(=O)(=O)c1cc(C(=O)NC2CCCN(c3ccccc3)C2)ccc1F. The maximum absolute atomic E-state index is 14.3. The molecular weight excluding hydrogens is 405 g/mol. The molecule has 1 amide bonds. The Labute approximate surface area is 177 Å². The Hall–Kier alpha value is -2.45. The lowest BCUT2D eigenvalue weighted by atomic mass is 10.0. The number of para-hydroxylation sites is 1. The van der Waals surface area contributed by atoms with Gasteiger partial charge in [0.2, 0.25) is 10.0 Å². The van der Waals surface area contributed by atoms with Gasteiger partial charge in [0.05, 0.1) is 0 Å². The van der Waals surface area contributed by atoms with E-state index in [0.29, 0.717) is 6.54 Å². The van der Waals surface area contributed by atoms with Gasteiger partial charge in [-0.3, -0.25) is 4.79 Å². The summed E-state index contributed by atoms with van der Waals surface area (Å²) in [6.45, 7) is 5.42. The Balaban J connectivity index is 1.76. The molecule has 8 heteroatoms. The fraction of sp³-hybridized carbons (Fsp3) is 0.409. The van der Waals surface area contributed by atoms with Crippen LogP contribution < -0.4 is 10.2 Å². The summed E-state index contributed by atoms with van der Waals surface area (Å²) < 4.78 is 40.9. The average Bonchev–Trinajstić information content (AvgIpc) is 2.75. The second-order valence-corrected chi connectivity index (χ2v) is 9.24. The van der Waals surface area contributed by atoms with Crippen molar-refractivity contribution in [1.29, 1.82) is 0 Å². The highest BCUT2D eigenvalue weighted by molar-refractivity contribution is 7.89. The number of halogens is 1. The number of carbonyl (C=O) groups is 1. The third-order valence-corrected chi connectivity index (χ3v) is 7.46. The lowest BCUT2D eigenvalue weighted by Gasteiger charge is -2.34. The van der Waals surface area contributed by atoms with E-state index >= 15 is 0 Å². The minimum Gasteiger partial charge on any atom is -0.369 e. The molecule has 30 heavy (non-hydrogen) atoms. The van der Waals surface area contributed by atoms with Crippen molar-refractivity contribution < 1.29 is 17.6 Å². The van der Waals surface area contributed by atoms with Crippen LogP contribution in [0.3, 0.4) is 0 Å². The molecule has 0 aliphatic carbocycles. The molecule has 1 unspecified atom stereocenters. The third kappa shape index (κ3) is 4.82. The van der Waals surface area contributed by atoms with Crippen molar-refractivity contribution in [2.24, 2.45) is 0 Å². The standard InChI is InChI=1S/C22H28FN3O3S/c1-3-26(4-2)30(28,29)21-15-17(12-13-20(21)23)22(27)24-18-9-8-14-25(16-18)19-10-6-5-7-11-19/h5-7,10-13,15,18H,3-4,8-9,14,16H2,1-2H3,(H,24,27). The third-order valence-electron chi connectivity index (χ3n) is 5.39. The highest BCUT2D eigenvalue weighted by Gasteiger charge is 2.27. The van der Waals surface area contributed by atoms with E-state index in [0.717, 1.165) is 37.2 Å². The zero-order valence-corrected chi connectivity index (χ0v) is 18.2. The number of benzene rings is 2. The number of nitrogens with zero attached hydrogens (tertiary/aromatic N) is 2. The molecule has 1 aliphatic rings. The van der Waals surface area contributed by atoms with Crippen LogP contribution in [0.5, 0.6) is 0 Å². The number of carbonyl (C=O) groups excluding carboxylic acids is 1. The molecule has 1 N–H and O–H groups in total.